The van der Waals surface area contributed by atoms with E-state index in [1.165, 1.54) is 17.0 Å². The number of rotatable bonds is 4. The number of aryl methyl sites for hydroxylation is 1. The molecule has 0 bridgehead atoms. The first-order chi connectivity index (χ1) is 12.4. The number of nitrogens with one attached hydrogen (secondary N) is 1. The maximum Gasteiger partial charge on any atom is 0.254 e. The molecule has 26 heavy (non-hydrogen) atoms. The van der Waals surface area contributed by atoms with E-state index in [1.54, 1.807) is 24.3 Å². The van der Waals surface area contributed by atoms with Gasteiger partial charge in [0.1, 0.15) is 6.54 Å². The van der Waals surface area contributed by atoms with Crippen molar-refractivity contribution in [3.05, 3.63) is 80.3 Å². The molecule has 3 rings (SSSR count). The molecule has 5 nitrogen and oxygen atoms in total. The second kappa shape index (κ2) is 7.85. The van der Waals surface area contributed by atoms with Gasteiger partial charge in [0.2, 0.25) is 5.91 Å². The molecule has 0 saturated heterocycles. The number of anilines is 1. The fourth-order valence-electron chi connectivity index (χ4n) is 2.43. The highest BCUT2D eigenvalue weighted by Crippen LogP contribution is 2.20. The average molecular weight is 433 g/mol. The fraction of sp³-hybridized carbons (Fsp3) is 0.105. The van der Waals surface area contributed by atoms with Crippen molar-refractivity contribution in [2.24, 2.45) is 0 Å². The Morgan fingerprint density at radius 3 is 2.58 bits per heavy atom. The van der Waals surface area contributed by atoms with Crippen LogP contribution in [0.5, 0.6) is 0 Å². The van der Waals surface area contributed by atoms with Crippen LogP contribution < -0.4 is 10.9 Å². The average Bonchev–Trinajstić information content (AvgIpc) is 2.60. The minimum Gasteiger partial charge on any atom is -0.324 e. The van der Waals surface area contributed by atoms with Crippen molar-refractivity contribution in [2.75, 3.05) is 5.32 Å². The van der Waals surface area contributed by atoms with Crippen LogP contribution in [0.1, 0.15) is 5.56 Å². The van der Waals surface area contributed by atoms with Gasteiger partial charge in [-0.25, -0.2) is 4.98 Å². The van der Waals surface area contributed by atoms with Crippen LogP contribution in [0.4, 0.5) is 5.69 Å². The number of hydrogen-bond acceptors (Lipinski definition) is 3. The summed E-state index contributed by atoms with van der Waals surface area (Å²) in [5.74, 6) is -0.293. The van der Waals surface area contributed by atoms with Crippen molar-refractivity contribution in [1.82, 2.24) is 9.55 Å². The van der Waals surface area contributed by atoms with Gasteiger partial charge in [0.05, 0.1) is 12.0 Å². The molecule has 3 aromatic rings. The van der Waals surface area contributed by atoms with E-state index in [9.17, 15) is 9.59 Å². The smallest absolute Gasteiger partial charge is 0.254 e. The Hall–Kier alpha value is -2.44. The van der Waals surface area contributed by atoms with Gasteiger partial charge in [-0.2, -0.15) is 0 Å². The molecule has 1 aromatic heterocycles. The highest BCUT2D eigenvalue weighted by atomic mass is 79.9. The van der Waals surface area contributed by atoms with E-state index in [1.807, 2.05) is 25.1 Å². The number of carbonyl (C=O) groups excluding carboxylic acids is 1. The van der Waals surface area contributed by atoms with E-state index in [2.05, 4.69) is 26.2 Å². The molecular formula is C19H15BrClN3O2. The van der Waals surface area contributed by atoms with Crippen molar-refractivity contribution >= 4 is 39.1 Å². The Morgan fingerprint density at radius 1 is 1.19 bits per heavy atom. The van der Waals surface area contributed by atoms with Gasteiger partial charge in [-0.15, -0.1) is 0 Å². The highest BCUT2D eigenvalue weighted by molar-refractivity contribution is 9.10. The molecule has 0 saturated carbocycles. The van der Waals surface area contributed by atoms with Crippen molar-refractivity contribution in [1.29, 1.82) is 0 Å². The third kappa shape index (κ3) is 4.39. The van der Waals surface area contributed by atoms with E-state index >= 15 is 0 Å². The van der Waals surface area contributed by atoms with E-state index in [4.69, 9.17) is 11.6 Å². The molecular weight excluding hydrogens is 418 g/mol. The van der Waals surface area contributed by atoms with Crippen molar-refractivity contribution in [2.45, 2.75) is 13.5 Å². The summed E-state index contributed by atoms with van der Waals surface area (Å²) in [5, 5.41) is 3.42. The Morgan fingerprint density at radius 2 is 1.92 bits per heavy atom. The summed E-state index contributed by atoms with van der Waals surface area (Å²) in [6, 6.07) is 14.0. The zero-order chi connectivity index (χ0) is 18.7. The van der Waals surface area contributed by atoms with E-state index in [0.717, 1.165) is 15.6 Å². The first-order valence-corrected chi connectivity index (χ1v) is 8.98. The SMILES string of the molecule is Cc1cc(Br)ccc1NC(=O)Cn1cnc(-c2ccc(Cl)cc2)cc1=O. The zero-order valence-corrected chi connectivity index (χ0v) is 16.2. The molecule has 0 atom stereocenters. The van der Waals surface area contributed by atoms with Crippen LogP contribution in [-0.2, 0) is 11.3 Å². The summed E-state index contributed by atoms with van der Waals surface area (Å²) in [7, 11) is 0. The Kier molecular flexibility index (Phi) is 5.54. The molecule has 0 spiro atoms. The van der Waals surface area contributed by atoms with Gasteiger partial charge in [-0.3, -0.25) is 14.2 Å². The van der Waals surface area contributed by atoms with Crippen molar-refractivity contribution < 1.29 is 4.79 Å². The van der Waals surface area contributed by atoms with Gasteiger partial charge in [0.15, 0.2) is 0 Å². The number of carbonyl (C=O) groups is 1. The van der Waals surface area contributed by atoms with Gasteiger partial charge in [-0.1, -0.05) is 39.7 Å². The van der Waals surface area contributed by atoms with E-state index < -0.39 is 0 Å². The standard InChI is InChI=1S/C19H15BrClN3O2/c1-12-8-14(20)4-7-16(12)23-18(25)10-24-11-22-17(9-19(24)26)13-2-5-15(21)6-3-13/h2-9,11H,10H2,1H3,(H,23,25). The fourth-order valence-corrected chi connectivity index (χ4v) is 3.04. The lowest BCUT2D eigenvalue weighted by Gasteiger charge is -2.10. The normalized spacial score (nSPS) is 10.6. The van der Waals surface area contributed by atoms with Crippen molar-refractivity contribution in [3.63, 3.8) is 0 Å². The highest BCUT2D eigenvalue weighted by Gasteiger charge is 2.09. The second-order valence-electron chi connectivity index (χ2n) is 5.75. The maximum atomic E-state index is 12.3. The summed E-state index contributed by atoms with van der Waals surface area (Å²) in [6.45, 7) is 1.79. The number of halogens is 2. The number of benzene rings is 2. The molecule has 0 unspecified atom stereocenters. The topological polar surface area (TPSA) is 64.0 Å². The van der Waals surface area contributed by atoms with Crippen LogP contribution in [0.25, 0.3) is 11.3 Å². The molecule has 1 N–H and O–H groups in total. The van der Waals surface area contributed by atoms with Crippen LogP contribution in [0.3, 0.4) is 0 Å². The van der Waals surface area contributed by atoms with Gasteiger partial charge < -0.3 is 5.32 Å². The van der Waals surface area contributed by atoms with Gasteiger partial charge in [0, 0.05) is 26.8 Å². The molecule has 0 aliphatic rings. The van der Waals surface area contributed by atoms with Gasteiger partial charge in [0.25, 0.3) is 5.56 Å². The predicted octanol–water partition coefficient (Wildman–Crippen LogP) is 4.27. The van der Waals surface area contributed by atoms with Crippen LogP contribution in [0.2, 0.25) is 5.02 Å². The number of amides is 1. The lowest BCUT2D eigenvalue weighted by molar-refractivity contribution is -0.116. The van der Waals surface area contributed by atoms with Crippen molar-refractivity contribution in [3.8, 4) is 11.3 Å². The molecule has 0 aliphatic heterocycles. The van der Waals surface area contributed by atoms with Crippen LogP contribution in [0, 0.1) is 6.92 Å². The third-order valence-corrected chi connectivity index (χ3v) is 4.54. The van der Waals surface area contributed by atoms with Crippen LogP contribution >= 0.6 is 27.5 Å². The van der Waals surface area contributed by atoms with Crippen LogP contribution in [-0.4, -0.2) is 15.5 Å². The summed E-state index contributed by atoms with van der Waals surface area (Å²) < 4.78 is 2.20. The molecule has 0 aliphatic carbocycles. The minimum absolute atomic E-state index is 0.109. The first kappa shape index (κ1) is 18.4. The molecule has 132 valence electrons. The molecule has 0 fully saturated rings. The van der Waals surface area contributed by atoms with E-state index in [0.29, 0.717) is 16.4 Å². The molecule has 0 radical (unpaired) electrons. The lowest BCUT2D eigenvalue weighted by Crippen LogP contribution is -2.27. The quantitative estimate of drug-likeness (QED) is 0.669. The third-order valence-electron chi connectivity index (χ3n) is 3.80. The second-order valence-corrected chi connectivity index (χ2v) is 7.11. The number of aromatic nitrogens is 2. The summed E-state index contributed by atoms with van der Waals surface area (Å²) >= 11 is 9.25. The molecule has 1 amide bonds. The lowest BCUT2D eigenvalue weighted by atomic mass is 10.1. The largest absolute Gasteiger partial charge is 0.324 e. The molecule has 1 heterocycles. The molecule has 2 aromatic carbocycles. The number of hydrogen-bond donors (Lipinski definition) is 1. The Labute approximate surface area is 163 Å². The Balaban J connectivity index is 1.74. The summed E-state index contributed by atoms with van der Waals surface area (Å²) in [5.41, 5.74) is 2.65. The van der Waals surface area contributed by atoms with E-state index in [-0.39, 0.29) is 18.0 Å². The Bertz CT molecular complexity index is 1020. The minimum atomic E-state index is -0.298. The van der Waals surface area contributed by atoms with Crippen LogP contribution in [0.15, 0.2) is 64.1 Å². The summed E-state index contributed by atoms with van der Waals surface area (Å²) in [4.78, 5) is 28.8. The summed E-state index contributed by atoms with van der Waals surface area (Å²) in [6.07, 6.45) is 1.38. The molecule has 7 heteroatoms. The van der Waals surface area contributed by atoms with Gasteiger partial charge in [-0.05, 0) is 42.8 Å². The zero-order valence-electron chi connectivity index (χ0n) is 13.9. The first-order valence-electron chi connectivity index (χ1n) is 7.81. The van der Waals surface area contributed by atoms with Gasteiger partial charge >= 0.3 is 0 Å². The predicted molar refractivity (Wildman–Crippen MR) is 106 cm³/mol. The monoisotopic (exact) mass is 431 g/mol. The maximum absolute atomic E-state index is 12.3. The number of nitrogens with zero attached hydrogens (tertiary/aromatic N) is 2.